The van der Waals surface area contributed by atoms with Crippen LogP contribution in [0.2, 0.25) is 0 Å². The summed E-state index contributed by atoms with van der Waals surface area (Å²) in [6.45, 7) is 2.65. The smallest absolute Gasteiger partial charge is 0.0802 e. The SMILES string of the molecule is CN(CCC(O)c1ccc(Br)cc1)C1CCOCC1. The van der Waals surface area contributed by atoms with Crippen molar-refractivity contribution >= 4 is 15.9 Å². The average molecular weight is 328 g/mol. The summed E-state index contributed by atoms with van der Waals surface area (Å²) in [5, 5.41) is 10.2. The van der Waals surface area contributed by atoms with Gasteiger partial charge in [0, 0.05) is 30.3 Å². The monoisotopic (exact) mass is 327 g/mol. The molecule has 0 amide bonds. The van der Waals surface area contributed by atoms with Crippen LogP contribution in [0, 0.1) is 0 Å². The molecule has 1 aliphatic rings. The van der Waals surface area contributed by atoms with Crippen molar-refractivity contribution in [1.29, 1.82) is 0 Å². The zero-order valence-corrected chi connectivity index (χ0v) is 13.0. The Morgan fingerprint density at radius 1 is 1.32 bits per heavy atom. The van der Waals surface area contributed by atoms with Crippen LogP contribution in [-0.2, 0) is 4.74 Å². The highest BCUT2D eigenvalue weighted by Crippen LogP contribution is 2.21. The molecular weight excluding hydrogens is 306 g/mol. The van der Waals surface area contributed by atoms with Crippen molar-refractivity contribution in [1.82, 2.24) is 4.90 Å². The second kappa shape index (κ2) is 7.39. The minimum atomic E-state index is -0.379. The van der Waals surface area contributed by atoms with Gasteiger partial charge in [-0.1, -0.05) is 28.1 Å². The number of nitrogens with zero attached hydrogens (tertiary/aromatic N) is 1. The van der Waals surface area contributed by atoms with Gasteiger partial charge in [0.25, 0.3) is 0 Å². The number of rotatable bonds is 5. The normalized spacial score (nSPS) is 18.7. The van der Waals surface area contributed by atoms with Crippen molar-refractivity contribution in [2.24, 2.45) is 0 Å². The highest BCUT2D eigenvalue weighted by Gasteiger charge is 2.19. The topological polar surface area (TPSA) is 32.7 Å². The largest absolute Gasteiger partial charge is 0.388 e. The van der Waals surface area contributed by atoms with E-state index in [0.29, 0.717) is 6.04 Å². The van der Waals surface area contributed by atoms with E-state index in [2.05, 4.69) is 27.9 Å². The van der Waals surface area contributed by atoms with Gasteiger partial charge in [0.05, 0.1) is 6.10 Å². The number of benzene rings is 1. The maximum absolute atomic E-state index is 10.2. The van der Waals surface area contributed by atoms with Crippen LogP contribution in [0.3, 0.4) is 0 Å². The molecule has 0 bridgehead atoms. The molecule has 2 rings (SSSR count). The fraction of sp³-hybridized carbons (Fsp3) is 0.600. The molecule has 106 valence electrons. The van der Waals surface area contributed by atoms with Crippen molar-refractivity contribution < 1.29 is 9.84 Å². The summed E-state index contributed by atoms with van der Waals surface area (Å²) in [5.41, 5.74) is 0.989. The molecule has 1 aliphatic heterocycles. The fourth-order valence-electron chi connectivity index (χ4n) is 2.49. The van der Waals surface area contributed by atoms with E-state index in [1.165, 1.54) is 0 Å². The summed E-state index contributed by atoms with van der Waals surface area (Å²) in [6, 6.07) is 8.50. The number of hydrogen-bond acceptors (Lipinski definition) is 3. The molecule has 0 saturated carbocycles. The number of aliphatic hydroxyl groups excluding tert-OH is 1. The number of ether oxygens (including phenoxy) is 1. The number of aliphatic hydroxyl groups is 1. The molecule has 0 aromatic heterocycles. The molecule has 19 heavy (non-hydrogen) atoms. The maximum Gasteiger partial charge on any atom is 0.0802 e. The summed E-state index contributed by atoms with van der Waals surface area (Å²) in [4.78, 5) is 2.35. The van der Waals surface area contributed by atoms with E-state index in [4.69, 9.17) is 4.74 Å². The van der Waals surface area contributed by atoms with Crippen molar-refractivity contribution in [3.63, 3.8) is 0 Å². The van der Waals surface area contributed by atoms with E-state index in [1.54, 1.807) is 0 Å². The molecular formula is C15H22BrNO2. The lowest BCUT2D eigenvalue weighted by Gasteiger charge is -2.31. The predicted octanol–water partition coefficient (Wildman–Crippen LogP) is 2.98. The zero-order chi connectivity index (χ0) is 13.7. The lowest BCUT2D eigenvalue weighted by Crippen LogP contribution is -2.37. The third-order valence-electron chi connectivity index (χ3n) is 3.82. The van der Waals surface area contributed by atoms with E-state index in [0.717, 1.165) is 49.1 Å². The van der Waals surface area contributed by atoms with Gasteiger partial charge >= 0.3 is 0 Å². The lowest BCUT2D eigenvalue weighted by molar-refractivity contribution is 0.0377. The third-order valence-corrected chi connectivity index (χ3v) is 4.35. The van der Waals surface area contributed by atoms with E-state index in [9.17, 15) is 5.11 Å². The number of hydrogen-bond donors (Lipinski definition) is 1. The van der Waals surface area contributed by atoms with Crippen LogP contribution in [0.1, 0.15) is 30.9 Å². The standard InChI is InChI=1S/C15H22BrNO2/c1-17(14-7-10-19-11-8-14)9-6-15(18)12-2-4-13(16)5-3-12/h2-5,14-15,18H,6-11H2,1H3. The van der Waals surface area contributed by atoms with Crippen LogP contribution < -0.4 is 0 Å². The average Bonchev–Trinajstić information content (AvgIpc) is 2.46. The van der Waals surface area contributed by atoms with Crippen LogP contribution >= 0.6 is 15.9 Å². The van der Waals surface area contributed by atoms with Gasteiger partial charge in [0.1, 0.15) is 0 Å². The fourth-order valence-corrected chi connectivity index (χ4v) is 2.75. The molecule has 0 radical (unpaired) electrons. The second-order valence-corrected chi connectivity index (χ2v) is 6.10. The van der Waals surface area contributed by atoms with Gasteiger partial charge in [0.2, 0.25) is 0 Å². The van der Waals surface area contributed by atoms with Crippen LogP contribution in [0.15, 0.2) is 28.7 Å². The minimum Gasteiger partial charge on any atom is -0.388 e. The van der Waals surface area contributed by atoms with E-state index < -0.39 is 0 Å². The first-order valence-corrected chi connectivity index (χ1v) is 7.67. The van der Waals surface area contributed by atoms with Gasteiger partial charge in [-0.05, 0) is 44.0 Å². The summed E-state index contributed by atoms with van der Waals surface area (Å²) < 4.78 is 6.42. The first-order chi connectivity index (χ1) is 9.16. The van der Waals surface area contributed by atoms with Crippen LogP contribution in [-0.4, -0.2) is 42.9 Å². The van der Waals surface area contributed by atoms with Gasteiger partial charge in [-0.25, -0.2) is 0 Å². The van der Waals surface area contributed by atoms with Gasteiger partial charge in [-0.15, -0.1) is 0 Å². The van der Waals surface area contributed by atoms with Crippen molar-refractivity contribution in [2.75, 3.05) is 26.8 Å². The predicted molar refractivity (Wildman–Crippen MR) is 80.2 cm³/mol. The summed E-state index contributed by atoms with van der Waals surface area (Å²) in [7, 11) is 2.14. The van der Waals surface area contributed by atoms with Gasteiger partial charge in [-0.3, -0.25) is 0 Å². The van der Waals surface area contributed by atoms with Gasteiger partial charge in [-0.2, -0.15) is 0 Å². The molecule has 1 N–H and O–H groups in total. The molecule has 1 heterocycles. The molecule has 0 aliphatic carbocycles. The molecule has 1 unspecified atom stereocenters. The highest BCUT2D eigenvalue weighted by atomic mass is 79.9. The minimum absolute atomic E-state index is 0.379. The Kier molecular flexibility index (Phi) is 5.82. The highest BCUT2D eigenvalue weighted by molar-refractivity contribution is 9.10. The van der Waals surface area contributed by atoms with Gasteiger partial charge in [0.15, 0.2) is 0 Å². The van der Waals surface area contributed by atoms with E-state index >= 15 is 0 Å². The maximum atomic E-state index is 10.2. The Morgan fingerprint density at radius 2 is 1.95 bits per heavy atom. The zero-order valence-electron chi connectivity index (χ0n) is 11.4. The van der Waals surface area contributed by atoms with E-state index in [-0.39, 0.29) is 6.10 Å². The number of halogens is 1. The molecule has 4 heteroatoms. The molecule has 1 fully saturated rings. The molecule has 3 nitrogen and oxygen atoms in total. The Balaban J connectivity index is 1.79. The van der Waals surface area contributed by atoms with Crippen molar-refractivity contribution in [3.05, 3.63) is 34.3 Å². The second-order valence-electron chi connectivity index (χ2n) is 5.18. The van der Waals surface area contributed by atoms with Crippen LogP contribution in [0.5, 0.6) is 0 Å². The van der Waals surface area contributed by atoms with Crippen molar-refractivity contribution in [2.45, 2.75) is 31.4 Å². The first kappa shape index (κ1) is 15.0. The van der Waals surface area contributed by atoms with Crippen LogP contribution in [0.25, 0.3) is 0 Å². The first-order valence-electron chi connectivity index (χ1n) is 6.88. The van der Waals surface area contributed by atoms with Gasteiger partial charge < -0.3 is 14.7 Å². The molecule has 1 saturated heterocycles. The Hall–Kier alpha value is -0.420. The van der Waals surface area contributed by atoms with Crippen molar-refractivity contribution in [3.8, 4) is 0 Å². The Labute approximate surface area is 123 Å². The van der Waals surface area contributed by atoms with E-state index in [1.807, 2.05) is 24.3 Å². The summed E-state index contributed by atoms with van der Waals surface area (Å²) in [5.74, 6) is 0. The lowest BCUT2D eigenvalue weighted by atomic mass is 10.0. The molecule has 1 aromatic carbocycles. The molecule has 1 atom stereocenters. The van der Waals surface area contributed by atoms with Crippen LogP contribution in [0.4, 0.5) is 0 Å². The summed E-state index contributed by atoms with van der Waals surface area (Å²) in [6.07, 6.45) is 2.60. The molecule has 1 aromatic rings. The third kappa shape index (κ3) is 4.56. The summed E-state index contributed by atoms with van der Waals surface area (Å²) >= 11 is 3.41. The Bertz CT molecular complexity index is 376. The molecule has 0 spiro atoms. The Morgan fingerprint density at radius 3 is 2.58 bits per heavy atom. The quantitative estimate of drug-likeness (QED) is 0.902.